The predicted molar refractivity (Wildman–Crippen MR) is 69.6 cm³/mol. The zero-order chi connectivity index (χ0) is 12.7. The van der Waals surface area contributed by atoms with Crippen LogP contribution in [-0.4, -0.2) is 19.7 Å². The quantitative estimate of drug-likeness (QED) is 0.476. The van der Waals surface area contributed by atoms with E-state index in [1.807, 2.05) is 24.3 Å². The first kappa shape index (κ1) is 13.9. The molecule has 1 rings (SSSR count). The minimum Gasteiger partial charge on any atom is -0.466 e. The maximum absolute atomic E-state index is 11.1. The van der Waals surface area contributed by atoms with E-state index in [-0.39, 0.29) is 5.97 Å². The Morgan fingerprint density at radius 3 is 2.76 bits per heavy atom. The number of rotatable bonds is 5. The molecule has 1 aromatic rings. The number of hydrogen-bond acceptors (Lipinski definition) is 3. The monoisotopic (exact) mass is 298 g/mol. The van der Waals surface area contributed by atoms with Gasteiger partial charge < -0.3 is 9.47 Å². The predicted octanol–water partition coefficient (Wildman–Crippen LogP) is 3.09. The zero-order valence-electron chi connectivity index (χ0n) is 9.90. The van der Waals surface area contributed by atoms with Gasteiger partial charge in [-0.1, -0.05) is 34.1 Å². The summed E-state index contributed by atoms with van der Waals surface area (Å²) in [5.74, 6) is -0.325. The lowest BCUT2D eigenvalue weighted by atomic mass is 10.2. The van der Waals surface area contributed by atoms with Crippen LogP contribution in [0.3, 0.4) is 0 Å². The largest absolute Gasteiger partial charge is 0.466 e. The highest BCUT2D eigenvalue weighted by molar-refractivity contribution is 9.10. The summed E-state index contributed by atoms with van der Waals surface area (Å²) in [4.78, 5) is 11.1. The van der Waals surface area contributed by atoms with Gasteiger partial charge in [-0.25, -0.2) is 4.79 Å². The standard InChI is InChI=1S/C13H15BrO3/c1-10(13(15)16-2)7-8-17-9-11-5-3-4-6-12(11)14/h3-7H,8-9H2,1-2H3/b10-7+. The third kappa shape index (κ3) is 4.71. The highest BCUT2D eigenvalue weighted by atomic mass is 79.9. The van der Waals surface area contributed by atoms with Crippen molar-refractivity contribution < 1.29 is 14.3 Å². The Kier molecular flexibility index (Phi) is 5.94. The highest BCUT2D eigenvalue weighted by Crippen LogP contribution is 2.16. The zero-order valence-corrected chi connectivity index (χ0v) is 11.5. The maximum Gasteiger partial charge on any atom is 0.333 e. The fraction of sp³-hybridized carbons (Fsp3) is 0.308. The minimum absolute atomic E-state index is 0.325. The molecule has 0 unspecified atom stereocenters. The number of halogens is 1. The van der Waals surface area contributed by atoms with E-state index < -0.39 is 0 Å². The molecule has 4 heteroatoms. The van der Waals surface area contributed by atoms with E-state index in [0.29, 0.717) is 18.8 Å². The smallest absolute Gasteiger partial charge is 0.333 e. The Labute approximate surface area is 110 Å². The molecule has 0 amide bonds. The number of ether oxygens (including phenoxy) is 2. The fourth-order valence-corrected chi connectivity index (χ4v) is 1.61. The molecule has 0 fully saturated rings. The molecule has 0 aliphatic rings. The van der Waals surface area contributed by atoms with Gasteiger partial charge in [-0.2, -0.15) is 0 Å². The molecule has 0 aromatic heterocycles. The van der Waals surface area contributed by atoms with E-state index in [0.717, 1.165) is 10.0 Å². The van der Waals surface area contributed by atoms with Gasteiger partial charge in [0.2, 0.25) is 0 Å². The summed E-state index contributed by atoms with van der Waals surface area (Å²) >= 11 is 3.44. The van der Waals surface area contributed by atoms with Gasteiger partial charge in [0, 0.05) is 10.0 Å². The first-order valence-electron chi connectivity index (χ1n) is 5.21. The summed E-state index contributed by atoms with van der Waals surface area (Å²) in [5, 5.41) is 0. The van der Waals surface area contributed by atoms with Crippen LogP contribution in [0.25, 0.3) is 0 Å². The van der Waals surface area contributed by atoms with Crippen molar-refractivity contribution in [2.24, 2.45) is 0 Å². The normalized spacial score (nSPS) is 11.4. The lowest BCUT2D eigenvalue weighted by Gasteiger charge is -2.04. The lowest BCUT2D eigenvalue weighted by molar-refractivity contribution is -0.136. The average Bonchev–Trinajstić information content (AvgIpc) is 2.35. The Balaban J connectivity index is 2.39. The number of esters is 1. The maximum atomic E-state index is 11.1. The molecule has 0 N–H and O–H groups in total. The second kappa shape index (κ2) is 7.25. The van der Waals surface area contributed by atoms with Crippen LogP contribution in [0.4, 0.5) is 0 Å². The van der Waals surface area contributed by atoms with E-state index in [1.165, 1.54) is 7.11 Å². The van der Waals surface area contributed by atoms with Crippen LogP contribution in [0.15, 0.2) is 40.4 Å². The molecular weight excluding hydrogens is 284 g/mol. The SMILES string of the molecule is COC(=O)/C(C)=C/COCc1ccccc1Br. The molecule has 0 aliphatic carbocycles. The van der Waals surface area contributed by atoms with Gasteiger partial charge in [-0.3, -0.25) is 0 Å². The molecule has 0 radical (unpaired) electrons. The minimum atomic E-state index is -0.325. The van der Waals surface area contributed by atoms with Crippen LogP contribution in [-0.2, 0) is 20.9 Å². The van der Waals surface area contributed by atoms with Crippen molar-refractivity contribution in [3.05, 3.63) is 46.0 Å². The molecule has 0 aliphatic heterocycles. The molecule has 1 aromatic carbocycles. The van der Waals surface area contributed by atoms with Crippen molar-refractivity contribution in [2.75, 3.05) is 13.7 Å². The van der Waals surface area contributed by atoms with Crippen molar-refractivity contribution in [3.8, 4) is 0 Å². The first-order valence-corrected chi connectivity index (χ1v) is 6.00. The van der Waals surface area contributed by atoms with E-state index in [9.17, 15) is 4.79 Å². The van der Waals surface area contributed by atoms with Crippen molar-refractivity contribution in [3.63, 3.8) is 0 Å². The van der Waals surface area contributed by atoms with Gasteiger partial charge in [-0.05, 0) is 24.6 Å². The van der Waals surface area contributed by atoms with Gasteiger partial charge in [0.05, 0.1) is 20.3 Å². The third-order valence-electron chi connectivity index (χ3n) is 2.23. The van der Waals surface area contributed by atoms with Crippen molar-refractivity contribution in [2.45, 2.75) is 13.5 Å². The van der Waals surface area contributed by atoms with Gasteiger partial charge in [0.15, 0.2) is 0 Å². The van der Waals surface area contributed by atoms with Crippen LogP contribution >= 0.6 is 15.9 Å². The molecule has 0 bridgehead atoms. The van der Waals surface area contributed by atoms with Gasteiger partial charge >= 0.3 is 5.97 Å². The van der Waals surface area contributed by atoms with Crippen LogP contribution < -0.4 is 0 Å². The Morgan fingerprint density at radius 2 is 2.12 bits per heavy atom. The highest BCUT2D eigenvalue weighted by Gasteiger charge is 2.02. The van der Waals surface area contributed by atoms with Gasteiger partial charge in [-0.15, -0.1) is 0 Å². The summed E-state index contributed by atoms with van der Waals surface area (Å²) in [6.07, 6.45) is 1.71. The fourth-order valence-electron chi connectivity index (χ4n) is 1.21. The third-order valence-corrected chi connectivity index (χ3v) is 3.00. The van der Waals surface area contributed by atoms with Crippen LogP contribution in [0, 0.1) is 0 Å². The second-order valence-corrected chi connectivity index (χ2v) is 4.34. The topological polar surface area (TPSA) is 35.5 Å². The molecule has 0 saturated carbocycles. The molecule has 92 valence electrons. The summed E-state index contributed by atoms with van der Waals surface area (Å²) in [5.41, 5.74) is 1.64. The summed E-state index contributed by atoms with van der Waals surface area (Å²) in [6, 6.07) is 7.86. The molecular formula is C13H15BrO3. The Bertz CT molecular complexity index is 413. The van der Waals surface area contributed by atoms with E-state index in [4.69, 9.17) is 4.74 Å². The van der Waals surface area contributed by atoms with Crippen LogP contribution in [0.5, 0.6) is 0 Å². The van der Waals surface area contributed by atoms with Crippen LogP contribution in [0.2, 0.25) is 0 Å². The second-order valence-electron chi connectivity index (χ2n) is 3.49. The van der Waals surface area contributed by atoms with Gasteiger partial charge in [0.25, 0.3) is 0 Å². The lowest BCUT2D eigenvalue weighted by Crippen LogP contribution is -2.03. The molecule has 17 heavy (non-hydrogen) atoms. The first-order chi connectivity index (χ1) is 8.15. The Morgan fingerprint density at radius 1 is 1.41 bits per heavy atom. The van der Waals surface area contributed by atoms with Crippen LogP contribution in [0.1, 0.15) is 12.5 Å². The average molecular weight is 299 g/mol. The number of hydrogen-bond donors (Lipinski definition) is 0. The number of carbonyl (C=O) groups excluding carboxylic acids is 1. The van der Waals surface area contributed by atoms with E-state index in [2.05, 4.69) is 20.7 Å². The molecule has 0 saturated heterocycles. The molecule has 0 atom stereocenters. The number of methoxy groups -OCH3 is 1. The summed E-state index contributed by atoms with van der Waals surface area (Å²) in [6.45, 7) is 2.60. The van der Waals surface area contributed by atoms with E-state index in [1.54, 1.807) is 13.0 Å². The molecule has 0 spiro atoms. The van der Waals surface area contributed by atoms with Crippen molar-refractivity contribution >= 4 is 21.9 Å². The number of carbonyl (C=O) groups is 1. The summed E-state index contributed by atoms with van der Waals surface area (Å²) in [7, 11) is 1.36. The Hall–Kier alpha value is -1.13. The summed E-state index contributed by atoms with van der Waals surface area (Å²) < 4.78 is 11.0. The van der Waals surface area contributed by atoms with Gasteiger partial charge in [0.1, 0.15) is 0 Å². The van der Waals surface area contributed by atoms with Crippen molar-refractivity contribution in [1.82, 2.24) is 0 Å². The molecule has 3 nitrogen and oxygen atoms in total. The van der Waals surface area contributed by atoms with E-state index >= 15 is 0 Å². The molecule has 0 heterocycles. The van der Waals surface area contributed by atoms with Crippen molar-refractivity contribution in [1.29, 1.82) is 0 Å². The number of benzene rings is 1.